The minimum Gasteiger partial charge on any atom is -0.493 e. The number of methoxy groups -OCH3 is 1. The molecule has 0 bridgehead atoms. The molecule has 0 saturated carbocycles. The molecule has 0 aromatic heterocycles. The number of fused-ring (bicyclic) bond motifs is 1. The predicted octanol–water partition coefficient (Wildman–Crippen LogP) is 3.73. The van der Waals surface area contributed by atoms with Gasteiger partial charge in [0.15, 0.2) is 23.9 Å². The van der Waals surface area contributed by atoms with Gasteiger partial charge in [0.25, 0.3) is 5.69 Å². The Labute approximate surface area is 169 Å². The van der Waals surface area contributed by atoms with Crippen LogP contribution in [0.2, 0.25) is 0 Å². The molecule has 0 radical (unpaired) electrons. The number of benzene rings is 2. The molecule has 0 aliphatic heterocycles. The third-order valence-corrected chi connectivity index (χ3v) is 4.67. The number of Topliss-reactive ketones (excluding diaryl/α,β-unsaturated/α-hetero) is 1. The number of nitro groups is 1. The van der Waals surface area contributed by atoms with Gasteiger partial charge in [-0.1, -0.05) is 12.1 Å². The van der Waals surface area contributed by atoms with Crippen molar-refractivity contribution in [2.45, 2.75) is 25.9 Å². The number of alkyl halides is 2. The lowest BCUT2D eigenvalue weighted by Crippen LogP contribution is -2.16. The first kappa shape index (κ1) is 21.2. The summed E-state index contributed by atoms with van der Waals surface area (Å²) in [5, 5.41) is 11.3. The monoisotopic (exact) mass is 421 g/mol. The van der Waals surface area contributed by atoms with Crippen molar-refractivity contribution in [2.24, 2.45) is 0 Å². The van der Waals surface area contributed by atoms with Crippen molar-refractivity contribution in [1.29, 1.82) is 0 Å². The Hall–Kier alpha value is -3.56. The first-order valence-electron chi connectivity index (χ1n) is 8.93. The second-order valence-corrected chi connectivity index (χ2v) is 6.49. The molecule has 0 amide bonds. The molecule has 0 unspecified atom stereocenters. The zero-order chi connectivity index (χ0) is 21.8. The van der Waals surface area contributed by atoms with Gasteiger partial charge in [0.1, 0.15) is 5.56 Å². The lowest BCUT2D eigenvalue weighted by molar-refractivity contribution is -0.385. The summed E-state index contributed by atoms with van der Waals surface area (Å²) in [5.74, 6) is -2.56. The molecule has 2 aromatic rings. The van der Waals surface area contributed by atoms with Crippen molar-refractivity contribution >= 4 is 17.4 Å². The van der Waals surface area contributed by atoms with Crippen molar-refractivity contribution in [2.75, 3.05) is 13.7 Å². The zero-order valence-electron chi connectivity index (χ0n) is 15.9. The fourth-order valence-corrected chi connectivity index (χ4v) is 3.25. The second-order valence-electron chi connectivity index (χ2n) is 6.49. The van der Waals surface area contributed by atoms with E-state index in [0.29, 0.717) is 11.6 Å². The summed E-state index contributed by atoms with van der Waals surface area (Å²) in [7, 11) is 1.12. The quantitative estimate of drug-likeness (QED) is 0.277. The lowest BCUT2D eigenvalue weighted by atomic mass is 10.0. The van der Waals surface area contributed by atoms with E-state index in [9.17, 15) is 28.5 Å². The Morgan fingerprint density at radius 3 is 2.53 bits per heavy atom. The van der Waals surface area contributed by atoms with E-state index in [4.69, 9.17) is 9.47 Å². The van der Waals surface area contributed by atoms with Gasteiger partial charge in [-0.3, -0.25) is 14.9 Å². The summed E-state index contributed by atoms with van der Waals surface area (Å²) in [5.41, 5.74) is 1.25. The molecule has 0 saturated heterocycles. The molecule has 0 atom stereocenters. The van der Waals surface area contributed by atoms with Crippen molar-refractivity contribution in [3.05, 3.63) is 62.7 Å². The number of halogens is 2. The molecular weight excluding hydrogens is 404 g/mol. The Morgan fingerprint density at radius 1 is 1.13 bits per heavy atom. The topological polar surface area (TPSA) is 105 Å². The van der Waals surface area contributed by atoms with Crippen molar-refractivity contribution in [1.82, 2.24) is 0 Å². The summed E-state index contributed by atoms with van der Waals surface area (Å²) in [6.45, 7) is -3.88. The normalized spacial score (nSPS) is 12.4. The molecule has 8 nitrogen and oxygen atoms in total. The average Bonchev–Trinajstić information content (AvgIpc) is 3.18. The van der Waals surface area contributed by atoms with Crippen LogP contribution >= 0.6 is 0 Å². The van der Waals surface area contributed by atoms with E-state index >= 15 is 0 Å². The average molecular weight is 421 g/mol. The van der Waals surface area contributed by atoms with Gasteiger partial charge < -0.3 is 14.2 Å². The number of ketones is 1. The minimum atomic E-state index is -3.25. The van der Waals surface area contributed by atoms with Crippen LogP contribution in [0.3, 0.4) is 0 Å². The number of hydrogen-bond acceptors (Lipinski definition) is 7. The third-order valence-electron chi connectivity index (χ3n) is 4.67. The van der Waals surface area contributed by atoms with Crippen LogP contribution in [0.5, 0.6) is 11.5 Å². The highest BCUT2D eigenvalue weighted by molar-refractivity contribution is 6.00. The van der Waals surface area contributed by atoms with Crippen LogP contribution in [0.25, 0.3) is 0 Å². The van der Waals surface area contributed by atoms with Crippen LogP contribution < -0.4 is 9.47 Å². The van der Waals surface area contributed by atoms with Crippen LogP contribution in [0, 0.1) is 10.1 Å². The molecule has 158 valence electrons. The van der Waals surface area contributed by atoms with Crippen LogP contribution in [0.15, 0.2) is 30.3 Å². The second kappa shape index (κ2) is 8.85. The predicted molar refractivity (Wildman–Crippen MR) is 99.4 cm³/mol. The first-order valence-corrected chi connectivity index (χ1v) is 8.93. The van der Waals surface area contributed by atoms with E-state index in [1.54, 1.807) is 12.1 Å². The van der Waals surface area contributed by atoms with E-state index in [1.807, 2.05) is 6.07 Å². The largest absolute Gasteiger partial charge is 0.493 e. The number of carbonyl (C=O) groups excluding carboxylic acids is 2. The van der Waals surface area contributed by atoms with Gasteiger partial charge in [0.05, 0.1) is 18.1 Å². The molecule has 1 aliphatic carbocycles. The van der Waals surface area contributed by atoms with Gasteiger partial charge in [-0.2, -0.15) is 8.78 Å². The maximum absolute atomic E-state index is 12.5. The molecule has 0 N–H and O–H groups in total. The van der Waals surface area contributed by atoms with Crippen molar-refractivity contribution in [3.63, 3.8) is 0 Å². The number of esters is 1. The number of carbonyl (C=O) groups is 2. The summed E-state index contributed by atoms with van der Waals surface area (Å²) in [6, 6.07) is 6.75. The zero-order valence-corrected chi connectivity index (χ0v) is 15.9. The Morgan fingerprint density at radius 2 is 1.87 bits per heavy atom. The van der Waals surface area contributed by atoms with Crippen LogP contribution in [-0.2, 0) is 17.6 Å². The smallest absolute Gasteiger partial charge is 0.387 e. The first-order chi connectivity index (χ1) is 14.3. The summed E-state index contributed by atoms with van der Waals surface area (Å²) < 4.78 is 39.0. The summed E-state index contributed by atoms with van der Waals surface area (Å²) in [6.07, 6.45) is 2.84. The van der Waals surface area contributed by atoms with E-state index in [1.165, 1.54) is 5.56 Å². The number of nitro benzene ring substituents is 1. The van der Waals surface area contributed by atoms with Gasteiger partial charge in [0.2, 0.25) is 0 Å². The van der Waals surface area contributed by atoms with Crippen molar-refractivity contribution in [3.8, 4) is 11.5 Å². The van der Waals surface area contributed by atoms with Gasteiger partial charge in [-0.05, 0) is 36.5 Å². The minimum absolute atomic E-state index is 0.321. The van der Waals surface area contributed by atoms with Crippen LogP contribution in [0.4, 0.5) is 14.5 Å². The molecule has 1 aliphatic rings. The lowest BCUT2D eigenvalue weighted by Gasteiger charge is -2.12. The van der Waals surface area contributed by atoms with Gasteiger partial charge in [-0.15, -0.1) is 0 Å². The maximum atomic E-state index is 12.5. The molecule has 2 aromatic carbocycles. The maximum Gasteiger partial charge on any atom is 0.387 e. The highest BCUT2D eigenvalue weighted by atomic mass is 19.3. The highest BCUT2D eigenvalue weighted by Gasteiger charge is 2.27. The SMILES string of the molecule is COc1cc(C(=O)OCC(=O)c2ccc3c(c2)CCC3)c([N+](=O)[O-])cc1OC(F)F. The number of ether oxygens (including phenoxy) is 3. The number of aryl methyl sites for hydroxylation is 2. The number of rotatable bonds is 8. The molecule has 0 spiro atoms. The summed E-state index contributed by atoms with van der Waals surface area (Å²) in [4.78, 5) is 35.1. The van der Waals surface area contributed by atoms with Gasteiger partial charge in [0, 0.05) is 11.6 Å². The Balaban J connectivity index is 1.78. The molecule has 10 heteroatoms. The number of hydrogen-bond donors (Lipinski definition) is 0. The molecule has 0 heterocycles. The third kappa shape index (κ3) is 4.53. The molecular formula is C20H17F2NO7. The van der Waals surface area contributed by atoms with Gasteiger partial charge in [-0.25, -0.2) is 4.79 Å². The van der Waals surface area contributed by atoms with Gasteiger partial charge >= 0.3 is 12.6 Å². The van der Waals surface area contributed by atoms with Crippen LogP contribution in [0.1, 0.15) is 38.3 Å². The van der Waals surface area contributed by atoms with E-state index in [2.05, 4.69) is 4.74 Å². The molecule has 3 rings (SSSR count). The fraction of sp³-hybridized carbons (Fsp3) is 0.300. The molecule has 0 fully saturated rings. The van der Waals surface area contributed by atoms with E-state index in [-0.39, 0.29) is 5.75 Å². The molecule has 30 heavy (non-hydrogen) atoms. The fourth-order valence-electron chi connectivity index (χ4n) is 3.25. The van der Waals surface area contributed by atoms with E-state index < -0.39 is 46.9 Å². The Bertz CT molecular complexity index is 1010. The number of nitrogens with zero attached hydrogens (tertiary/aromatic N) is 1. The van der Waals surface area contributed by atoms with E-state index in [0.717, 1.165) is 38.0 Å². The highest BCUT2D eigenvalue weighted by Crippen LogP contribution is 2.36. The standard InChI is InChI=1S/C20H17F2NO7/c1-28-17-8-14(15(23(26)27)9-18(17)30-20(21)22)19(25)29-10-16(24)13-6-5-11-3-2-4-12(11)7-13/h5-9,20H,2-4,10H2,1H3. The van der Waals surface area contributed by atoms with Crippen LogP contribution in [-0.4, -0.2) is 37.0 Å². The summed E-state index contributed by atoms with van der Waals surface area (Å²) >= 11 is 0. The van der Waals surface area contributed by atoms with Crippen molar-refractivity contribution < 1.29 is 37.5 Å². The Kier molecular flexibility index (Phi) is 6.24.